The summed E-state index contributed by atoms with van der Waals surface area (Å²) in [6.45, 7) is 4.70. The van der Waals surface area contributed by atoms with Gasteiger partial charge in [-0.15, -0.1) is 0 Å². The summed E-state index contributed by atoms with van der Waals surface area (Å²) < 4.78 is 5.38. The van der Waals surface area contributed by atoms with Crippen molar-refractivity contribution in [3.05, 3.63) is 53.6 Å². The first kappa shape index (κ1) is 16.1. The van der Waals surface area contributed by atoms with Crippen molar-refractivity contribution in [3.63, 3.8) is 0 Å². The second-order valence-electron chi connectivity index (χ2n) is 5.65. The van der Waals surface area contributed by atoms with Crippen molar-refractivity contribution in [1.29, 1.82) is 0 Å². The Hall–Kier alpha value is -2.82. The Balaban J connectivity index is 1.83. The number of para-hydroxylation sites is 1. The molecule has 2 aromatic rings. The number of carbonyl (C=O) groups excluding carboxylic acids is 2. The van der Waals surface area contributed by atoms with Crippen molar-refractivity contribution < 1.29 is 14.3 Å². The summed E-state index contributed by atoms with van der Waals surface area (Å²) in [6, 6.07) is 12.7. The molecule has 1 N–H and O–H groups in total. The highest BCUT2D eigenvalue weighted by atomic mass is 16.5. The Labute approximate surface area is 141 Å². The summed E-state index contributed by atoms with van der Waals surface area (Å²) in [5.41, 5.74) is 3.10. The van der Waals surface area contributed by atoms with Gasteiger partial charge in [0, 0.05) is 19.0 Å². The maximum Gasteiger partial charge on any atom is 0.255 e. The fraction of sp³-hybridized carbons (Fsp3) is 0.263. The summed E-state index contributed by atoms with van der Waals surface area (Å²) in [5.74, 6) is 0.510. The van der Waals surface area contributed by atoms with Crippen molar-refractivity contribution in [2.75, 3.05) is 23.4 Å². The van der Waals surface area contributed by atoms with E-state index in [1.807, 2.05) is 25.1 Å². The van der Waals surface area contributed by atoms with Crippen LogP contribution < -0.4 is 15.0 Å². The molecule has 0 bridgehead atoms. The fourth-order valence-corrected chi connectivity index (χ4v) is 2.94. The van der Waals surface area contributed by atoms with Gasteiger partial charge in [0.15, 0.2) is 0 Å². The third-order valence-electron chi connectivity index (χ3n) is 4.05. The Morgan fingerprint density at radius 3 is 2.58 bits per heavy atom. The molecule has 0 radical (unpaired) electrons. The molecule has 0 spiro atoms. The zero-order chi connectivity index (χ0) is 17.1. The van der Waals surface area contributed by atoms with Crippen LogP contribution in [0.5, 0.6) is 5.75 Å². The lowest BCUT2D eigenvalue weighted by atomic mass is 10.1. The largest absolute Gasteiger partial charge is 0.494 e. The summed E-state index contributed by atoms with van der Waals surface area (Å²) in [7, 11) is 0. The summed E-state index contributed by atoms with van der Waals surface area (Å²) in [4.78, 5) is 26.0. The van der Waals surface area contributed by atoms with E-state index < -0.39 is 0 Å². The van der Waals surface area contributed by atoms with Gasteiger partial charge in [0.05, 0.1) is 18.0 Å². The van der Waals surface area contributed by atoms with Gasteiger partial charge in [-0.2, -0.15) is 0 Å². The normalized spacial score (nSPS) is 12.7. The first-order valence-electron chi connectivity index (χ1n) is 8.04. The van der Waals surface area contributed by atoms with Crippen LogP contribution >= 0.6 is 0 Å². The Kier molecular flexibility index (Phi) is 4.51. The number of ether oxygens (including phenoxy) is 1. The van der Waals surface area contributed by atoms with E-state index in [0.29, 0.717) is 24.4 Å². The number of anilines is 2. The fourth-order valence-electron chi connectivity index (χ4n) is 2.94. The van der Waals surface area contributed by atoms with E-state index in [1.54, 1.807) is 36.1 Å². The van der Waals surface area contributed by atoms with E-state index in [4.69, 9.17) is 4.74 Å². The minimum Gasteiger partial charge on any atom is -0.494 e. The number of amides is 2. The van der Waals surface area contributed by atoms with Crippen LogP contribution in [0.15, 0.2) is 42.5 Å². The van der Waals surface area contributed by atoms with Crippen LogP contribution in [0, 0.1) is 0 Å². The molecule has 0 unspecified atom stereocenters. The van der Waals surface area contributed by atoms with Crippen LogP contribution in [0.4, 0.5) is 11.4 Å². The molecule has 1 heterocycles. The molecule has 1 aliphatic heterocycles. The summed E-state index contributed by atoms with van der Waals surface area (Å²) in [6.07, 6.45) is 0.807. The number of nitrogens with one attached hydrogen (secondary N) is 1. The lowest BCUT2D eigenvalue weighted by molar-refractivity contribution is -0.116. The maximum absolute atomic E-state index is 12.5. The van der Waals surface area contributed by atoms with Crippen molar-refractivity contribution in [2.45, 2.75) is 20.3 Å². The molecule has 2 aromatic carbocycles. The number of hydrogen-bond acceptors (Lipinski definition) is 3. The van der Waals surface area contributed by atoms with Gasteiger partial charge in [0.1, 0.15) is 5.75 Å². The zero-order valence-corrected chi connectivity index (χ0v) is 13.8. The average molecular weight is 324 g/mol. The highest BCUT2D eigenvalue weighted by Crippen LogP contribution is 2.35. The number of rotatable bonds is 4. The second-order valence-corrected chi connectivity index (χ2v) is 5.65. The Morgan fingerprint density at radius 2 is 1.92 bits per heavy atom. The predicted octanol–water partition coefficient (Wildman–Crippen LogP) is 3.25. The number of benzene rings is 2. The van der Waals surface area contributed by atoms with Gasteiger partial charge in [-0.3, -0.25) is 9.59 Å². The Bertz CT molecular complexity index is 769. The van der Waals surface area contributed by atoms with E-state index in [-0.39, 0.29) is 11.8 Å². The number of carbonyl (C=O) groups is 2. The molecule has 1 aliphatic rings. The van der Waals surface area contributed by atoms with Crippen LogP contribution in [-0.2, 0) is 11.2 Å². The zero-order valence-electron chi connectivity index (χ0n) is 13.8. The van der Waals surface area contributed by atoms with Crippen molar-refractivity contribution in [1.82, 2.24) is 0 Å². The van der Waals surface area contributed by atoms with Crippen LogP contribution in [0.25, 0.3) is 0 Å². The van der Waals surface area contributed by atoms with Crippen LogP contribution in [-0.4, -0.2) is 25.0 Å². The minimum absolute atomic E-state index is 0.0171. The quantitative estimate of drug-likeness (QED) is 0.939. The third-order valence-corrected chi connectivity index (χ3v) is 4.05. The molecule has 0 saturated carbocycles. The molecule has 0 saturated heterocycles. The second kappa shape index (κ2) is 6.74. The van der Waals surface area contributed by atoms with Gasteiger partial charge in [0.25, 0.3) is 5.91 Å². The lowest BCUT2D eigenvalue weighted by Crippen LogP contribution is -2.27. The van der Waals surface area contributed by atoms with Gasteiger partial charge in [-0.25, -0.2) is 0 Å². The van der Waals surface area contributed by atoms with E-state index in [1.165, 1.54) is 0 Å². The molecule has 5 heteroatoms. The monoisotopic (exact) mass is 324 g/mol. The van der Waals surface area contributed by atoms with E-state index in [9.17, 15) is 9.59 Å². The molecule has 5 nitrogen and oxygen atoms in total. The first-order valence-corrected chi connectivity index (χ1v) is 8.04. The first-order chi connectivity index (χ1) is 11.6. The highest BCUT2D eigenvalue weighted by Gasteiger charge is 2.25. The average Bonchev–Trinajstić information content (AvgIpc) is 3.01. The van der Waals surface area contributed by atoms with Gasteiger partial charge >= 0.3 is 0 Å². The smallest absolute Gasteiger partial charge is 0.255 e. The predicted molar refractivity (Wildman–Crippen MR) is 93.7 cm³/mol. The molecule has 0 aliphatic carbocycles. The molecule has 2 amide bonds. The molecule has 0 fully saturated rings. The number of nitrogens with zero attached hydrogens (tertiary/aromatic N) is 1. The SMILES string of the molecule is CCOc1ccc(C(=O)Nc2cccc3c2N(C(C)=O)CC3)cc1. The van der Waals surface area contributed by atoms with E-state index in [0.717, 1.165) is 23.4 Å². The molecule has 3 rings (SSSR count). The molecular weight excluding hydrogens is 304 g/mol. The maximum atomic E-state index is 12.5. The minimum atomic E-state index is -0.207. The number of fused-ring (bicyclic) bond motifs is 1. The van der Waals surface area contributed by atoms with Crippen molar-refractivity contribution in [3.8, 4) is 5.75 Å². The summed E-state index contributed by atoms with van der Waals surface area (Å²) in [5, 5.41) is 2.92. The van der Waals surface area contributed by atoms with Gasteiger partial charge < -0.3 is 15.0 Å². The third kappa shape index (κ3) is 3.11. The standard InChI is InChI=1S/C19H20N2O3/c1-3-24-16-9-7-15(8-10-16)19(23)20-17-6-4-5-14-11-12-21(13(2)22)18(14)17/h4-10H,3,11-12H2,1-2H3,(H,20,23). The Morgan fingerprint density at radius 1 is 1.17 bits per heavy atom. The van der Waals surface area contributed by atoms with E-state index >= 15 is 0 Å². The van der Waals surface area contributed by atoms with Crippen molar-refractivity contribution >= 4 is 23.2 Å². The van der Waals surface area contributed by atoms with Crippen LogP contribution in [0.1, 0.15) is 29.8 Å². The van der Waals surface area contributed by atoms with Crippen molar-refractivity contribution in [2.24, 2.45) is 0 Å². The van der Waals surface area contributed by atoms with Gasteiger partial charge in [0.2, 0.25) is 5.91 Å². The van der Waals surface area contributed by atoms with Crippen LogP contribution in [0.3, 0.4) is 0 Å². The van der Waals surface area contributed by atoms with Gasteiger partial charge in [-0.05, 0) is 49.2 Å². The highest BCUT2D eigenvalue weighted by molar-refractivity contribution is 6.08. The topological polar surface area (TPSA) is 58.6 Å². The summed E-state index contributed by atoms with van der Waals surface area (Å²) >= 11 is 0. The van der Waals surface area contributed by atoms with Gasteiger partial charge in [-0.1, -0.05) is 12.1 Å². The van der Waals surface area contributed by atoms with E-state index in [2.05, 4.69) is 5.32 Å². The molecular formula is C19H20N2O3. The lowest BCUT2D eigenvalue weighted by Gasteiger charge is -2.19. The number of hydrogen-bond donors (Lipinski definition) is 1. The van der Waals surface area contributed by atoms with Crippen LogP contribution in [0.2, 0.25) is 0 Å². The molecule has 0 atom stereocenters. The molecule has 124 valence electrons. The molecule has 24 heavy (non-hydrogen) atoms. The molecule has 0 aromatic heterocycles.